The molecule has 0 bridgehead atoms. The fourth-order valence-corrected chi connectivity index (χ4v) is 3.04. The van der Waals surface area contributed by atoms with Crippen LogP contribution in [0, 0.1) is 5.92 Å². The van der Waals surface area contributed by atoms with E-state index < -0.39 is 0 Å². The summed E-state index contributed by atoms with van der Waals surface area (Å²) >= 11 is 0. The summed E-state index contributed by atoms with van der Waals surface area (Å²) in [6.07, 6.45) is 5.97. The van der Waals surface area contributed by atoms with E-state index >= 15 is 0 Å². The third-order valence-electron chi connectivity index (χ3n) is 4.11. The standard InChI is InChI=1S/C13H25N3/c1-2-6-15-7-4-13(5-8-15)16-9-3-12(10-14)11-16/h2,12-13H,1,3-11,14H2. The quantitative estimate of drug-likeness (QED) is 0.719. The van der Waals surface area contributed by atoms with Crippen LogP contribution in [0.5, 0.6) is 0 Å². The van der Waals surface area contributed by atoms with Crippen molar-refractivity contribution in [1.82, 2.24) is 9.80 Å². The normalized spacial score (nSPS) is 29.7. The van der Waals surface area contributed by atoms with E-state index in [0.717, 1.165) is 25.0 Å². The van der Waals surface area contributed by atoms with Gasteiger partial charge in [0.1, 0.15) is 0 Å². The summed E-state index contributed by atoms with van der Waals surface area (Å²) in [6.45, 7) is 10.7. The van der Waals surface area contributed by atoms with Crippen LogP contribution in [0.3, 0.4) is 0 Å². The van der Waals surface area contributed by atoms with Crippen LogP contribution < -0.4 is 5.73 Å². The Kier molecular flexibility index (Phi) is 4.38. The molecule has 1 unspecified atom stereocenters. The van der Waals surface area contributed by atoms with Gasteiger partial charge in [-0.3, -0.25) is 9.80 Å². The van der Waals surface area contributed by atoms with Gasteiger partial charge < -0.3 is 5.73 Å². The number of likely N-dealkylation sites (tertiary alicyclic amines) is 2. The zero-order valence-corrected chi connectivity index (χ0v) is 10.3. The number of hydrogen-bond donors (Lipinski definition) is 1. The highest BCUT2D eigenvalue weighted by molar-refractivity contribution is 4.87. The van der Waals surface area contributed by atoms with Gasteiger partial charge in [-0.2, -0.15) is 0 Å². The molecule has 1 atom stereocenters. The van der Waals surface area contributed by atoms with E-state index in [1.54, 1.807) is 0 Å². The average molecular weight is 223 g/mol. The van der Waals surface area contributed by atoms with Gasteiger partial charge in [0, 0.05) is 19.1 Å². The minimum absolute atomic E-state index is 0.756. The summed E-state index contributed by atoms with van der Waals surface area (Å²) in [7, 11) is 0. The lowest BCUT2D eigenvalue weighted by Gasteiger charge is -2.36. The molecule has 16 heavy (non-hydrogen) atoms. The second-order valence-electron chi connectivity index (χ2n) is 5.21. The third-order valence-corrected chi connectivity index (χ3v) is 4.11. The topological polar surface area (TPSA) is 32.5 Å². The molecule has 0 aliphatic carbocycles. The molecule has 0 spiro atoms. The average Bonchev–Trinajstić information content (AvgIpc) is 2.79. The highest BCUT2D eigenvalue weighted by Crippen LogP contribution is 2.23. The molecule has 0 saturated carbocycles. The maximum atomic E-state index is 5.74. The van der Waals surface area contributed by atoms with Gasteiger partial charge in [-0.05, 0) is 51.4 Å². The second kappa shape index (κ2) is 5.80. The first-order valence-corrected chi connectivity index (χ1v) is 6.61. The Labute approximate surface area is 99.3 Å². The van der Waals surface area contributed by atoms with Crippen molar-refractivity contribution in [3.63, 3.8) is 0 Å². The molecular weight excluding hydrogens is 198 g/mol. The van der Waals surface area contributed by atoms with Gasteiger partial charge >= 0.3 is 0 Å². The summed E-state index contributed by atoms with van der Waals surface area (Å²) < 4.78 is 0. The van der Waals surface area contributed by atoms with Crippen molar-refractivity contribution < 1.29 is 0 Å². The molecule has 0 amide bonds. The predicted octanol–water partition coefficient (Wildman–Crippen LogP) is 0.917. The highest BCUT2D eigenvalue weighted by atomic mass is 15.2. The van der Waals surface area contributed by atoms with Crippen LogP contribution >= 0.6 is 0 Å². The van der Waals surface area contributed by atoms with E-state index in [0.29, 0.717) is 0 Å². The predicted molar refractivity (Wildman–Crippen MR) is 68.4 cm³/mol. The smallest absolute Gasteiger partial charge is 0.0160 e. The van der Waals surface area contributed by atoms with E-state index in [2.05, 4.69) is 16.4 Å². The lowest BCUT2D eigenvalue weighted by molar-refractivity contribution is 0.132. The first-order chi connectivity index (χ1) is 7.83. The first-order valence-electron chi connectivity index (χ1n) is 6.61. The Hall–Kier alpha value is -0.380. The zero-order valence-electron chi connectivity index (χ0n) is 10.3. The minimum Gasteiger partial charge on any atom is -0.330 e. The SMILES string of the molecule is C=CCN1CCC(N2CCC(CN)C2)CC1. The number of rotatable bonds is 4. The molecule has 0 aromatic rings. The second-order valence-corrected chi connectivity index (χ2v) is 5.21. The van der Waals surface area contributed by atoms with Crippen LogP contribution in [0.4, 0.5) is 0 Å². The van der Waals surface area contributed by atoms with Gasteiger partial charge in [0.2, 0.25) is 0 Å². The first kappa shape index (κ1) is 12.1. The van der Waals surface area contributed by atoms with E-state index in [1.807, 2.05) is 6.08 Å². The molecule has 0 aromatic heterocycles. The monoisotopic (exact) mass is 223 g/mol. The maximum Gasteiger partial charge on any atom is 0.0160 e. The lowest BCUT2D eigenvalue weighted by Crippen LogP contribution is -2.44. The fraction of sp³-hybridized carbons (Fsp3) is 0.846. The van der Waals surface area contributed by atoms with Crippen molar-refractivity contribution in [3.05, 3.63) is 12.7 Å². The van der Waals surface area contributed by atoms with Crippen LogP contribution in [0.15, 0.2) is 12.7 Å². The maximum absolute atomic E-state index is 5.74. The number of piperidine rings is 1. The summed E-state index contributed by atoms with van der Waals surface area (Å²) in [5.41, 5.74) is 5.74. The molecule has 2 heterocycles. The van der Waals surface area contributed by atoms with Gasteiger partial charge in [-0.25, -0.2) is 0 Å². The molecule has 3 nitrogen and oxygen atoms in total. The summed E-state index contributed by atoms with van der Waals surface area (Å²) in [5.74, 6) is 0.756. The van der Waals surface area contributed by atoms with Gasteiger partial charge in [-0.15, -0.1) is 6.58 Å². The molecule has 3 heteroatoms. The molecular formula is C13H25N3. The van der Waals surface area contributed by atoms with Gasteiger partial charge in [-0.1, -0.05) is 6.08 Å². The summed E-state index contributed by atoms with van der Waals surface area (Å²) in [5, 5.41) is 0. The lowest BCUT2D eigenvalue weighted by atomic mass is 10.0. The van der Waals surface area contributed by atoms with Crippen molar-refractivity contribution in [2.24, 2.45) is 11.7 Å². The van der Waals surface area contributed by atoms with Crippen molar-refractivity contribution in [1.29, 1.82) is 0 Å². The van der Waals surface area contributed by atoms with Crippen LogP contribution in [0.25, 0.3) is 0 Å². The molecule has 2 aliphatic rings. The largest absolute Gasteiger partial charge is 0.330 e. The molecule has 0 radical (unpaired) electrons. The molecule has 92 valence electrons. The van der Waals surface area contributed by atoms with E-state index in [-0.39, 0.29) is 0 Å². The van der Waals surface area contributed by atoms with E-state index in [1.165, 1.54) is 45.4 Å². The van der Waals surface area contributed by atoms with Gasteiger partial charge in [0.05, 0.1) is 0 Å². The van der Waals surface area contributed by atoms with Crippen LogP contribution in [-0.4, -0.2) is 55.1 Å². The minimum atomic E-state index is 0.756. The van der Waals surface area contributed by atoms with Crippen molar-refractivity contribution in [2.45, 2.75) is 25.3 Å². The van der Waals surface area contributed by atoms with Crippen LogP contribution in [0.2, 0.25) is 0 Å². The Morgan fingerprint density at radius 3 is 2.50 bits per heavy atom. The van der Waals surface area contributed by atoms with E-state index in [4.69, 9.17) is 5.73 Å². The van der Waals surface area contributed by atoms with E-state index in [9.17, 15) is 0 Å². The number of nitrogens with zero attached hydrogens (tertiary/aromatic N) is 2. The summed E-state index contributed by atoms with van der Waals surface area (Å²) in [4.78, 5) is 5.17. The highest BCUT2D eigenvalue weighted by Gasteiger charge is 2.29. The number of hydrogen-bond acceptors (Lipinski definition) is 3. The zero-order chi connectivity index (χ0) is 11.4. The van der Waals surface area contributed by atoms with Crippen molar-refractivity contribution in [2.75, 3.05) is 39.3 Å². The Morgan fingerprint density at radius 1 is 1.19 bits per heavy atom. The molecule has 2 aliphatic heterocycles. The molecule has 0 aromatic carbocycles. The van der Waals surface area contributed by atoms with Gasteiger partial charge in [0.15, 0.2) is 0 Å². The fourth-order valence-electron chi connectivity index (χ4n) is 3.04. The Bertz CT molecular complexity index is 221. The van der Waals surface area contributed by atoms with Crippen LogP contribution in [-0.2, 0) is 0 Å². The Balaban J connectivity index is 1.74. The van der Waals surface area contributed by atoms with Crippen LogP contribution in [0.1, 0.15) is 19.3 Å². The van der Waals surface area contributed by atoms with Crippen molar-refractivity contribution in [3.8, 4) is 0 Å². The van der Waals surface area contributed by atoms with Crippen molar-refractivity contribution >= 4 is 0 Å². The molecule has 2 N–H and O–H groups in total. The van der Waals surface area contributed by atoms with Gasteiger partial charge in [0.25, 0.3) is 0 Å². The summed E-state index contributed by atoms with van der Waals surface area (Å²) in [6, 6.07) is 0.817. The third kappa shape index (κ3) is 2.84. The number of nitrogens with two attached hydrogens (primary N) is 1. The molecule has 2 fully saturated rings. The molecule has 2 rings (SSSR count). The molecule has 2 saturated heterocycles. The Morgan fingerprint density at radius 2 is 1.94 bits per heavy atom.